The third kappa shape index (κ3) is 7.54. The van der Waals surface area contributed by atoms with Gasteiger partial charge in [0.1, 0.15) is 5.76 Å². The van der Waals surface area contributed by atoms with Gasteiger partial charge in [0.15, 0.2) is 5.96 Å². The molecule has 7 heteroatoms. The highest BCUT2D eigenvalue weighted by Crippen LogP contribution is 2.09. The van der Waals surface area contributed by atoms with Crippen molar-refractivity contribution < 1.29 is 9.15 Å². The van der Waals surface area contributed by atoms with Crippen molar-refractivity contribution >= 4 is 29.9 Å². The van der Waals surface area contributed by atoms with Crippen molar-refractivity contribution in [2.45, 2.75) is 25.3 Å². The summed E-state index contributed by atoms with van der Waals surface area (Å²) in [5, 5.41) is 6.86. The fraction of sp³-hybridized carbons (Fsp3) is 0.688. The highest BCUT2D eigenvalue weighted by molar-refractivity contribution is 14.0. The highest BCUT2D eigenvalue weighted by Gasteiger charge is 2.19. The van der Waals surface area contributed by atoms with Gasteiger partial charge < -0.3 is 24.7 Å². The molecular weight excluding hydrogens is 407 g/mol. The maximum atomic E-state index is 5.33. The second-order valence-corrected chi connectivity index (χ2v) is 5.58. The van der Waals surface area contributed by atoms with Crippen molar-refractivity contribution in [3.63, 3.8) is 0 Å². The molecular formula is C16H29IN4O2. The van der Waals surface area contributed by atoms with Crippen LogP contribution in [0.2, 0.25) is 0 Å². The van der Waals surface area contributed by atoms with Gasteiger partial charge in [0, 0.05) is 52.8 Å². The van der Waals surface area contributed by atoms with Crippen LogP contribution < -0.4 is 10.6 Å². The lowest BCUT2D eigenvalue weighted by Crippen LogP contribution is -2.49. The SMILES string of the molecule is CN=C(NCCc1ccco1)NC1CCN(CCOC)CC1.I. The summed E-state index contributed by atoms with van der Waals surface area (Å²) in [7, 11) is 3.57. The topological polar surface area (TPSA) is 62.0 Å². The molecule has 0 radical (unpaired) electrons. The van der Waals surface area contributed by atoms with Crippen molar-refractivity contribution in [2.24, 2.45) is 4.99 Å². The van der Waals surface area contributed by atoms with Crippen LogP contribution in [0.5, 0.6) is 0 Å². The molecule has 1 aromatic heterocycles. The van der Waals surface area contributed by atoms with Crippen LogP contribution in [0.3, 0.4) is 0 Å². The number of hydrogen-bond acceptors (Lipinski definition) is 4. The number of nitrogens with one attached hydrogen (secondary N) is 2. The zero-order chi connectivity index (χ0) is 15.6. The van der Waals surface area contributed by atoms with Crippen LogP contribution in [0.4, 0.5) is 0 Å². The summed E-state index contributed by atoms with van der Waals surface area (Å²) in [5.74, 6) is 1.87. The number of piperidine rings is 1. The van der Waals surface area contributed by atoms with Crippen molar-refractivity contribution in [1.29, 1.82) is 0 Å². The van der Waals surface area contributed by atoms with E-state index < -0.39 is 0 Å². The third-order valence-corrected chi connectivity index (χ3v) is 4.01. The van der Waals surface area contributed by atoms with Gasteiger partial charge in [-0.25, -0.2) is 0 Å². The van der Waals surface area contributed by atoms with Crippen LogP contribution in [0.25, 0.3) is 0 Å². The molecule has 0 aromatic carbocycles. The van der Waals surface area contributed by atoms with Gasteiger partial charge in [-0.05, 0) is 25.0 Å². The number of rotatable bonds is 7. The molecule has 0 bridgehead atoms. The molecule has 0 saturated carbocycles. The van der Waals surface area contributed by atoms with Crippen molar-refractivity contribution in [1.82, 2.24) is 15.5 Å². The zero-order valence-electron chi connectivity index (χ0n) is 14.1. The maximum absolute atomic E-state index is 5.33. The minimum absolute atomic E-state index is 0. The Morgan fingerprint density at radius 1 is 1.43 bits per heavy atom. The van der Waals surface area contributed by atoms with Crippen molar-refractivity contribution in [3.05, 3.63) is 24.2 Å². The summed E-state index contributed by atoms with van der Waals surface area (Å²) in [6.07, 6.45) is 4.86. The second kappa shape index (κ2) is 11.7. The lowest BCUT2D eigenvalue weighted by molar-refractivity contribution is 0.128. The molecule has 6 nitrogen and oxygen atoms in total. The summed E-state index contributed by atoms with van der Waals surface area (Å²) in [6.45, 7) is 4.89. The maximum Gasteiger partial charge on any atom is 0.191 e. The lowest BCUT2D eigenvalue weighted by atomic mass is 10.1. The van der Waals surface area contributed by atoms with Crippen LogP contribution in [0.1, 0.15) is 18.6 Å². The van der Waals surface area contributed by atoms with Crippen LogP contribution in [-0.2, 0) is 11.2 Å². The Kier molecular flexibility index (Phi) is 10.3. The van der Waals surface area contributed by atoms with Gasteiger partial charge in [0.2, 0.25) is 0 Å². The molecule has 2 N–H and O–H groups in total. The van der Waals surface area contributed by atoms with Gasteiger partial charge in [0.05, 0.1) is 12.9 Å². The van der Waals surface area contributed by atoms with E-state index >= 15 is 0 Å². The monoisotopic (exact) mass is 436 g/mol. The summed E-state index contributed by atoms with van der Waals surface area (Å²) in [6, 6.07) is 4.40. The first-order chi connectivity index (χ1) is 10.8. The average Bonchev–Trinajstić information content (AvgIpc) is 3.06. The molecule has 0 spiro atoms. The van der Waals surface area contributed by atoms with Gasteiger partial charge >= 0.3 is 0 Å². The first-order valence-electron chi connectivity index (χ1n) is 8.02. The Hall–Kier alpha value is -0.800. The molecule has 1 aliphatic rings. The summed E-state index contributed by atoms with van der Waals surface area (Å²) >= 11 is 0. The Balaban J connectivity index is 0.00000264. The summed E-state index contributed by atoms with van der Waals surface area (Å²) in [4.78, 5) is 6.75. The molecule has 0 unspecified atom stereocenters. The van der Waals surface area contributed by atoms with E-state index in [1.807, 2.05) is 19.2 Å². The first kappa shape index (κ1) is 20.2. The smallest absolute Gasteiger partial charge is 0.191 e. The predicted octanol–water partition coefficient (Wildman–Crippen LogP) is 1.72. The van der Waals surface area contributed by atoms with Crippen molar-refractivity contribution in [2.75, 3.05) is 46.9 Å². The van der Waals surface area contributed by atoms with E-state index in [1.165, 1.54) is 0 Å². The number of ether oxygens (including phenoxy) is 1. The standard InChI is InChI=1S/C16H28N4O2.HI/c1-17-16(18-8-5-15-4-3-12-22-15)19-14-6-9-20(10-7-14)11-13-21-2;/h3-4,12,14H,5-11,13H2,1-2H3,(H2,17,18,19);1H. The average molecular weight is 436 g/mol. The molecule has 1 saturated heterocycles. The third-order valence-electron chi connectivity index (χ3n) is 4.01. The Morgan fingerprint density at radius 2 is 2.22 bits per heavy atom. The minimum Gasteiger partial charge on any atom is -0.469 e. The van der Waals surface area contributed by atoms with E-state index in [9.17, 15) is 0 Å². The quantitative estimate of drug-likeness (QED) is 0.387. The van der Waals surface area contributed by atoms with E-state index in [0.29, 0.717) is 6.04 Å². The van der Waals surface area contributed by atoms with Crippen molar-refractivity contribution in [3.8, 4) is 0 Å². The number of nitrogens with zero attached hydrogens (tertiary/aromatic N) is 2. The van der Waals surface area contributed by atoms with E-state index in [2.05, 4.69) is 20.5 Å². The minimum atomic E-state index is 0. The molecule has 0 amide bonds. The molecule has 1 fully saturated rings. The van der Waals surface area contributed by atoms with Gasteiger partial charge in [-0.2, -0.15) is 0 Å². The van der Waals surface area contributed by atoms with Crippen LogP contribution in [0.15, 0.2) is 27.8 Å². The summed E-state index contributed by atoms with van der Waals surface area (Å²) in [5.41, 5.74) is 0. The van der Waals surface area contributed by atoms with Gasteiger partial charge in [0.25, 0.3) is 0 Å². The van der Waals surface area contributed by atoms with Gasteiger partial charge in [-0.1, -0.05) is 0 Å². The normalized spacial score (nSPS) is 16.9. The van der Waals surface area contributed by atoms with Gasteiger partial charge in [-0.15, -0.1) is 24.0 Å². The van der Waals surface area contributed by atoms with E-state index in [-0.39, 0.29) is 24.0 Å². The summed E-state index contributed by atoms with van der Waals surface area (Å²) < 4.78 is 10.5. The fourth-order valence-electron chi connectivity index (χ4n) is 2.67. The number of hydrogen-bond donors (Lipinski definition) is 2. The van der Waals surface area contributed by atoms with E-state index in [1.54, 1.807) is 13.4 Å². The number of halogens is 1. The van der Waals surface area contributed by atoms with Gasteiger partial charge in [-0.3, -0.25) is 4.99 Å². The molecule has 0 atom stereocenters. The predicted molar refractivity (Wildman–Crippen MR) is 104 cm³/mol. The Morgan fingerprint density at radius 3 is 2.83 bits per heavy atom. The Labute approximate surface area is 156 Å². The van der Waals surface area contributed by atoms with Crippen LogP contribution >= 0.6 is 24.0 Å². The highest BCUT2D eigenvalue weighted by atomic mass is 127. The molecule has 1 aliphatic heterocycles. The van der Waals surface area contributed by atoms with Crippen LogP contribution in [-0.4, -0.2) is 63.8 Å². The second-order valence-electron chi connectivity index (χ2n) is 5.58. The molecule has 2 heterocycles. The number of likely N-dealkylation sites (tertiary alicyclic amines) is 1. The number of aliphatic imine (C=N–C) groups is 1. The van der Waals surface area contributed by atoms with E-state index in [4.69, 9.17) is 9.15 Å². The first-order valence-corrected chi connectivity index (χ1v) is 8.02. The largest absolute Gasteiger partial charge is 0.469 e. The Bertz CT molecular complexity index is 431. The molecule has 2 rings (SSSR count). The van der Waals surface area contributed by atoms with E-state index in [0.717, 1.165) is 63.8 Å². The van der Waals surface area contributed by atoms with Crippen LogP contribution in [0, 0.1) is 0 Å². The lowest BCUT2D eigenvalue weighted by Gasteiger charge is -2.32. The molecule has 1 aromatic rings. The molecule has 0 aliphatic carbocycles. The number of furan rings is 1. The number of guanidine groups is 1. The zero-order valence-corrected chi connectivity index (χ0v) is 16.4. The molecule has 132 valence electrons. The fourth-order valence-corrected chi connectivity index (χ4v) is 2.67. The molecule has 23 heavy (non-hydrogen) atoms. The number of methoxy groups -OCH3 is 1.